The Labute approximate surface area is 157 Å². The van der Waals surface area contributed by atoms with E-state index < -0.39 is 16.0 Å². The standard InChI is InChI=1S/C19H20N2O5S/c1-12-16(17-11-14(19(22)23)6-9-18(17)21(12)24)10-13-4-7-15(8-5-13)27(25,26)20(2)3/h4-9,11,24H,10H2,1-3H3,(H,22,23). The number of sulfonamides is 1. The molecule has 0 bridgehead atoms. The van der Waals surface area contributed by atoms with E-state index in [1.807, 2.05) is 0 Å². The van der Waals surface area contributed by atoms with E-state index in [4.69, 9.17) is 0 Å². The Morgan fingerprint density at radius 3 is 2.30 bits per heavy atom. The molecule has 3 rings (SSSR count). The van der Waals surface area contributed by atoms with Gasteiger partial charge in [0.15, 0.2) is 0 Å². The first kappa shape index (κ1) is 18.9. The lowest BCUT2D eigenvalue weighted by Gasteiger charge is -2.11. The number of hydrogen-bond donors (Lipinski definition) is 2. The fraction of sp³-hybridized carbons (Fsp3) is 0.211. The van der Waals surface area contributed by atoms with Crippen LogP contribution in [0.4, 0.5) is 0 Å². The van der Waals surface area contributed by atoms with E-state index in [-0.39, 0.29) is 10.5 Å². The normalized spacial score (nSPS) is 12.0. The molecule has 3 aromatic rings. The van der Waals surface area contributed by atoms with Crippen LogP contribution in [0.2, 0.25) is 0 Å². The molecular formula is C19H20N2O5S. The van der Waals surface area contributed by atoms with Gasteiger partial charge in [0.25, 0.3) is 0 Å². The number of nitrogens with zero attached hydrogens (tertiary/aromatic N) is 2. The molecule has 0 spiro atoms. The van der Waals surface area contributed by atoms with Crippen LogP contribution in [-0.4, -0.2) is 47.8 Å². The van der Waals surface area contributed by atoms with Crippen molar-refractivity contribution in [3.63, 3.8) is 0 Å². The van der Waals surface area contributed by atoms with Crippen molar-refractivity contribution in [1.29, 1.82) is 0 Å². The molecule has 0 unspecified atom stereocenters. The fourth-order valence-electron chi connectivity index (χ4n) is 3.02. The molecule has 0 fully saturated rings. The number of aromatic nitrogens is 1. The van der Waals surface area contributed by atoms with Crippen LogP contribution >= 0.6 is 0 Å². The van der Waals surface area contributed by atoms with E-state index in [1.165, 1.54) is 26.2 Å². The summed E-state index contributed by atoms with van der Waals surface area (Å²) in [4.78, 5) is 11.5. The Balaban J connectivity index is 2.03. The summed E-state index contributed by atoms with van der Waals surface area (Å²) in [5, 5.41) is 20.2. The van der Waals surface area contributed by atoms with Crippen molar-refractivity contribution in [2.75, 3.05) is 14.1 Å². The van der Waals surface area contributed by atoms with Gasteiger partial charge in [-0.05, 0) is 54.8 Å². The summed E-state index contributed by atoms with van der Waals surface area (Å²) in [6.45, 7) is 1.75. The third kappa shape index (κ3) is 3.29. The second-order valence-corrected chi connectivity index (χ2v) is 8.67. The number of benzene rings is 2. The van der Waals surface area contributed by atoms with Crippen LogP contribution in [0.1, 0.15) is 27.2 Å². The number of hydrogen-bond acceptors (Lipinski definition) is 4. The Kier molecular flexibility index (Phi) is 4.71. The van der Waals surface area contributed by atoms with Gasteiger partial charge in [-0.2, -0.15) is 4.73 Å². The van der Waals surface area contributed by atoms with Gasteiger partial charge in [0.2, 0.25) is 10.0 Å². The average Bonchev–Trinajstić information content (AvgIpc) is 2.86. The van der Waals surface area contributed by atoms with Crippen LogP contribution in [0.5, 0.6) is 0 Å². The van der Waals surface area contributed by atoms with Gasteiger partial charge >= 0.3 is 5.97 Å². The molecule has 2 aromatic carbocycles. The van der Waals surface area contributed by atoms with Gasteiger partial charge in [-0.3, -0.25) is 0 Å². The third-order valence-electron chi connectivity index (χ3n) is 4.63. The second-order valence-electron chi connectivity index (χ2n) is 6.52. The summed E-state index contributed by atoms with van der Waals surface area (Å²) in [6, 6.07) is 11.1. The van der Waals surface area contributed by atoms with Gasteiger partial charge in [-0.15, -0.1) is 0 Å². The summed E-state index contributed by atoms with van der Waals surface area (Å²) in [7, 11) is -0.547. The van der Waals surface area contributed by atoms with Gasteiger partial charge < -0.3 is 10.3 Å². The van der Waals surface area contributed by atoms with E-state index in [0.29, 0.717) is 23.0 Å². The van der Waals surface area contributed by atoms with E-state index in [2.05, 4.69) is 0 Å². The SMILES string of the molecule is Cc1c(Cc2ccc(S(=O)(=O)N(C)C)cc2)c2cc(C(=O)O)ccc2n1O. The summed E-state index contributed by atoms with van der Waals surface area (Å²) in [5.41, 5.74) is 2.92. The number of carboxylic acids is 1. The second kappa shape index (κ2) is 6.71. The number of rotatable bonds is 5. The van der Waals surface area contributed by atoms with Crippen LogP contribution in [0.15, 0.2) is 47.4 Å². The molecule has 0 saturated carbocycles. The molecule has 0 aliphatic heterocycles. The number of carbonyl (C=O) groups is 1. The molecule has 0 atom stereocenters. The minimum absolute atomic E-state index is 0.141. The first-order valence-electron chi connectivity index (χ1n) is 8.21. The predicted octanol–water partition coefficient (Wildman–Crippen LogP) is 2.73. The quantitative estimate of drug-likeness (QED) is 0.655. The van der Waals surface area contributed by atoms with E-state index >= 15 is 0 Å². The van der Waals surface area contributed by atoms with Gasteiger partial charge in [0.05, 0.1) is 21.7 Å². The number of aromatic carboxylic acids is 1. The molecule has 1 aromatic heterocycles. The molecule has 1 heterocycles. The van der Waals surface area contributed by atoms with E-state index in [0.717, 1.165) is 20.2 Å². The highest BCUT2D eigenvalue weighted by molar-refractivity contribution is 7.89. The average molecular weight is 388 g/mol. The lowest BCUT2D eigenvalue weighted by Crippen LogP contribution is -2.22. The molecule has 8 heteroatoms. The van der Waals surface area contributed by atoms with Crippen molar-refractivity contribution in [2.24, 2.45) is 0 Å². The Morgan fingerprint density at radius 1 is 1.11 bits per heavy atom. The molecule has 2 N–H and O–H groups in total. The fourth-order valence-corrected chi connectivity index (χ4v) is 3.92. The molecule has 0 saturated heterocycles. The lowest BCUT2D eigenvalue weighted by molar-refractivity contribution is 0.0697. The maximum Gasteiger partial charge on any atom is 0.335 e. The largest absolute Gasteiger partial charge is 0.478 e. The molecule has 27 heavy (non-hydrogen) atoms. The summed E-state index contributed by atoms with van der Waals surface area (Å²) in [5.74, 6) is -1.04. The van der Waals surface area contributed by atoms with Crippen molar-refractivity contribution in [3.8, 4) is 0 Å². The minimum atomic E-state index is -3.50. The maximum atomic E-state index is 12.2. The molecule has 0 radical (unpaired) electrons. The summed E-state index contributed by atoms with van der Waals surface area (Å²) in [6.07, 6.45) is 0.432. The van der Waals surface area contributed by atoms with Crippen LogP contribution < -0.4 is 0 Å². The summed E-state index contributed by atoms with van der Waals surface area (Å²) < 4.78 is 26.5. The Morgan fingerprint density at radius 2 is 1.74 bits per heavy atom. The first-order chi connectivity index (χ1) is 12.6. The minimum Gasteiger partial charge on any atom is -0.478 e. The molecule has 0 aliphatic rings. The van der Waals surface area contributed by atoms with Crippen molar-refractivity contribution >= 4 is 26.9 Å². The van der Waals surface area contributed by atoms with Crippen LogP contribution in [0, 0.1) is 6.92 Å². The topological polar surface area (TPSA) is 99.8 Å². The van der Waals surface area contributed by atoms with Crippen molar-refractivity contribution in [2.45, 2.75) is 18.2 Å². The molecule has 0 amide bonds. The highest BCUT2D eigenvalue weighted by Gasteiger charge is 2.18. The number of carboxylic acid groups (broad SMARTS) is 1. The van der Waals surface area contributed by atoms with E-state index in [9.17, 15) is 23.5 Å². The molecule has 7 nitrogen and oxygen atoms in total. The monoisotopic (exact) mass is 388 g/mol. The highest BCUT2D eigenvalue weighted by Crippen LogP contribution is 2.28. The molecule has 0 aliphatic carbocycles. The maximum absolute atomic E-state index is 12.2. The molecule has 142 valence electrons. The predicted molar refractivity (Wildman–Crippen MR) is 101 cm³/mol. The van der Waals surface area contributed by atoms with Gasteiger partial charge in [-0.1, -0.05) is 12.1 Å². The van der Waals surface area contributed by atoms with Crippen LogP contribution in [0.25, 0.3) is 10.9 Å². The number of fused-ring (bicyclic) bond motifs is 1. The van der Waals surface area contributed by atoms with Crippen molar-refractivity contribution in [3.05, 3.63) is 64.8 Å². The third-order valence-corrected chi connectivity index (χ3v) is 6.46. The summed E-state index contributed by atoms with van der Waals surface area (Å²) >= 11 is 0. The van der Waals surface area contributed by atoms with Crippen molar-refractivity contribution in [1.82, 2.24) is 9.04 Å². The zero-order valence-electron chi connectivity index (χ0n) is 15.2. The van der Waals surface area contributed by atoms with E-state index in [1.54, 1.807) is 37.3 Å². The van der Waals surface area contributed by atoms with Crippen LogP contribution in [0.3, 0.4) is 0 Å². The zero-order valence-corrected chi connectivity index (χ0v) is 16.0. The van der Waals surface area contributed by atoms with Crippen LogP contribution in [-0.2, 0) is 16.4 Å². The zero-order chi connectivity index (χ0) is 19.9. The first-order valence-corrected chi connectivity index (χ1v) is 9.65. The van der Waals surface area contributed by atoms with Crippen molar-refractivity contribution < 1.29 is 23.5 Å². The highest BCUT2D eigenvalue weighted by atomic mass is 32.2. The van der Waals surface area contributed by atoms with Gasteiger partial charge in [-0.25, -0.2) is 17.5 Å². The van der Waals surface area contributed by atoms with Gasteiger partial charge in [0, 0.05) is 19.5 Å². The smallest absolute Gasteiger partial charge is 0.335 e. The Hall–Kier alpha value is -2.84. The lowest BCUT2D eigenvalue weighted by atomic mass is 10.0. The van der Waals surface area contributed by atoms with Gasteiger partial charge in [0.1, 0.15) is 0 Å². The Bertz CT molecular complexity index is 1130. The molecular weight excluding hydrogens is 368 g/mol.